The third kappa shape index (κ3) is 3.60. The maximum atomic E-state index is 5.21. The zero-order valence-corrected chi connectivity index (χ0v) is 16.2. The average molecular weight is 362 g/mol. The van der Waals surface area contributed by atoms with E-state index in [2.05, 4.69) is 51.6 Å². The fourth-order valence-electron chi connectivity index (χ4n) is 3.96. The molecular weight excluding hydrogens is 336 g/mol. The van der Waals surface area contributed by atoms with Crippen LogP contribution in [0.4, 0.5) is 0 Å². The Morgan fingerprint density at radius 3 is 2.48 bits per heavy atom. The summed E-state index contributed by atoms with van der Waals surface area (Å²) in [6.45, 7) is 7.55. The monoisotopic (exact) mass is 362 g/mol. The molecule has 4 rings (SSSR count). The van der Waals surface area contributed by atoms with Gasteiger partial charge in [0.15, 0.2) is 5.82 Å². The van der Waals surface area contributed by atoms with Gasteiger partial charge >= 0.3 is 0 Å². The second kappa shape index (κ2) is 7.53. The van der Waals surface area contributed by atoms with Crippen molar-refractivity contribution in [3.8, 4) is 17.1 Å². The van der Waals surface area contributed by atoms with E-state index in [1.165, 1.54) is 5.69 Å². The molecule has 0 aliphatic carbocycles. The van der Waals surface area contributed by atoms with Crippen molar-refractivity contribution in [1.29, 1.82) is 0 Å². The van der Waals surface area contributed by atoms with Gasteiger partial charge in [0.1, 0.15) is 5.75 Å². The van der Waals surface area contributed by atoms with Gasteiger partial charge in [0.2, 0.25) is 0 Å². The van der Waals surface area contributed by atoms with Gasteiger partial charge in [-0.05, 0) is 42.3 Å². The largest absolute Gasteiger partial charge is 0.497 e. The van der Waals surface area contributed by atoms with E-state index in [0.29, 0.717) is 12.0 Å². The van der Waals surface area contributed by atoms with E-state index in [1.807, 2.05) is 36.7 Å². The van der Waals surface area contributed by atoms with Gasteiger partial charge < -0.3 is 9.30 Å². The Balaban J connectivity index is 1.51. The Morgan fingerprint density at radius 2 is 1.81 bits per heavy atom. The molecule has 3 aromatic rings. The number of fused-ring (bicyclic) bond motifs is 1. The zero-order valence-electron chi connectivity index (χ0n) is 16.2. The van der Waals surface area contributed by atoms with Crippen LogP contribution in [-0.2, 0) is 13.1 Å². The minimum Gasteiger partial charge on any atom is -0.497 e. The first-order valence-corrected chi connectivity index (χ1v) is 9.50. The molecule has 0 N–H and O–H groups in total. The lowest BCUT2D eigenvalue weighted by Crippen LogP contribution is -2.39. The second-order valence-electron chi connectivity index (χ2n) is 7.43. The molecular formula is C22H26N4O. The van der Waals surface area contributed by atoms with E-state index in [4.69, 9.17) is 4.74 Å². The number of ether oxygens (including phenoxy) is 1. The summed E-state index contributed by atoms with van der Waals surface area (Å²) in [4.78, 5) is 11.7. The molecule has 1 aliphatic rings. The molecule has 3 heterocycles. The highest BCUT2D eigenvalue weighted by Gasteiger charge is 2.29. The van der Waals surface area contributed by atoms with E-state index in [9.17, 15) is 0 Å². The van der Waals surface area contributed by atoms with Crippen molar-refractivity contribution in [3.63, 3.8) is 0 Å². The Hall–Kier alpha value is -2.66. The highest BCUT2D eigenvalue weighted by atomic mass is 16.5. The quantitative estimate of drug-likeness (QED) is 0.683. The molecule has 0 amide bonds. The van der Waals surface area contributed by atoms with Crippen LogP contribution < -0.4 is 4.74 Å². The predicted molar refractivity (Wildman–Crippen MR) is 106 cm³/mol. The van der Waals surface area contributed by atoms with Crippen LogP contribution >= 0.6 is 0 Å². The van der Waals surface area contributed by atoms with Gasteiger partial charge in [0, 0.05) is 55.0 Å². The van der Waals surface area contributed by atoms with Crippen LogP contribution in [0.3, 0.4) is 0 Å². The van der Waals surface area contributed by atoms with Crippen molar-refractivity contribution in [2.75, 3.05) is 13.7 Å². The number of nitrogens with zero attached hydrogens (tertiary/aromatic N) is 4. The zero-order chi connectivity index (χ0) is 18.8. The number of methoxy groups -OCH3 is 1. The highest BCUT2D eigenvalue weighted by molar-refractivity contribution is 5.55. The third-order valence-electron chi connectivity index (χ3n) is 5.26. The van der Waals surface area contributed by atoms with E-state index < -0.39 is 0 Å². The molecule has 27 heavy (non-hydrogen) atoms. The lowest BCUT2D eigenvalue weighted by Gasteiger charge is -2.39. The van der Waals surface area contributed by atoms with Gasteiger partial charge in [-0.25, -0.2) is 9.97 Å². The fourth-order valence-corrected chi connectivity index (χ4v) is 3.96. The highest BCUT2D eigenvalue weighted by Crippen LogP contribution is 2.33. The van der Waals surface area contributed by atoms with Gasteiger partial charge in [-0.1, -0.05) is 13.8 Å². The summed E-state index contributed by atoms with van der Waals surface area (Å²) in [7, 11) is 1.67. The smallest absolute Gasteiger partial charge is 0.159 e. The molecule has 0 unspecified atom stereocenters. The van der Waals surface area contributed by atoms with Crippen molar-refractivity contribution < 1.29 is 4.74 Å². The maximum absolute atomic E-state index is 5.21. The maximum Gasteiger partial charge on any atom is 0.159 e. The lowest BCUT2D eigenvalue weighted by molar-refractivity contribution is 0.111. The first-order valence-electron chi connectivity index (χ1n) is 9.50. The van der Waals surface area contributed by atoms with Gasteiger partial charge in [-0.15, -0.1) is 0 Å². The third-order valence-corrected chi connectivity index (χ3v) is 5.26. The Bertz CT molecular complexity index is 883. The van der Waals surface area contributed by atoms with Crippen LogP contribution in [0.2, 0.25) is 0 Å². The Kier molecular flexibility index (Phi) is 4.94. The SMILES string of the molecule is COc1ccc(-c2ncc(CN3CCn4cccc4[C@H]3C(C)C)cn2)cc1. The summed E-state index contributed by atoms with van der Waals surface area (Å²) in [5.41, 5.74) is 3.56. The molecule has 0 fully saturated rings. The summed E-state index contributed by atoms with van der Waals surface area (Å²) in [5, 5.41) is 0. The summed E-state index contributed by atoms with van der Waals surface area (Å²) >= 11 is 0. The molecule has 5 heteroatoms. The Morgan fingerprint density at radius 1 is 1.07 bits per heavy atom. The minimum atomic E-state index is 0.426. The first kappa shape index (κ1) is 17.7. The number of hydrogen-bond donors (Lipinski definition) is 0. The summed E-state index contributed by atoms with van der Waals surface area (Å²) < 4.78 is 7.59. The first-order chi connectivity index (χ1) is 13.2. The molecule has 0 radical (unpaired) electrons. The van der Waals surface area contributed by atoms with E-state index in [0.717, 1.165) is 42.3 Å². The Labute approximate surface area is 160 Å². The van der Waals surface area contributed by atoms with E-state index in [-0.39, 0.29) is 0 Å². The normalized spacial score (nSPS) is 17.1. The number of benzene rings is 1. The fraction of sp³-hybridized carbons (Fsp3) is 0.364. The second-order valence-corrected chi connectivity index (χ2v) is 7.43. The van der Waals surface area contributed by atoms with E-state index in [1.54, 1.807) is 7.11 Å². The molecule has 0 bridgehead atoms. The van der Waals surface area contributed by atoms with Crippen LogP contribution in [0.15, 0.2) is 55.0 Å². The summed E-state index contributed by atoms with van der Waals surface area (Å²) in [6.07, 6.45) is 6.10. The average Bonchev–Trinajstić information content (AvgIpc) is 3.17. The van der Waals surface area contributed by atoms with E-state index >= 15 is 0 Å². The van der Waals surface area contributed by atoms with Crippen LogP contribution in [0.1, 0.15) is 31.1 Å². The number of aromatic nitrogens is 3. The number of rotatable bonds is 5. The van der Waals surface area contributed by atoms with Crippen molar-refractivity contribution in [2.24, 2.45) is 5.92 Å². The van der Waals surface area contributed by atoms with Crippen molar-refractivity contribution >= 4 is 0 Å². The van der Waals surface area contributed by atoms with Gasteiger partial charge in [0.25, 0.3) is 0 Å². The van der Waals surface area contributed by atoms with Gasteiger partial charge in [-0.3, -0.25) is 4.90 Å². The molecule has 140 valence electrons. The van der Waals surface area contributed by atoms with Crippen LogP contribution in [0.5, 0.6) is 5.75 Å². The van der Waals surface area contributed by atoms with Crippen molar-refractivity contribution in [1.82, 2.24) is 19.4 Å². The summed E-state index contributed by atoms with van der Waals surface area (Å²) in [5.74, 6) is 2.14. The predicted octanol–water partition coefficient (Wildman–Crippen LogP) is 4.17. The molecule has 1 aliphatic heterocycles. The molecule has 0 spiro atoms. The topological polar surface area (TPSA) is 43.2 Å². The van der Waals surface area contributed by atoms with Crippen molar-refractivity contribution in [2.45, 2.75) is 33.0 Å². The minimum absolute atomic E-state index is 0.426. The van der Waals surface area contributed by atoms with Crippen LogP contribution in [0, 0.1) is 5.92 Å². The van der Waals surface area contributed by atoms with Crippen LogP contribution in [-0.4, -0.2) is 33.1 Å². The molecule has 2 aromatic heterocycles. The molecule has 5 nitrogen and oxygen atoms in total. The molecule has 1 aromatic carbocycles. The molecule has 0 saturated heterocycles. The lowest BCUT2D eigenvalue weighted by atomic mass is 9.97. The summed E-state index contributed by atoms with van der Waals surface area (Å²) in [6, 6.07) is 12.7. The molecule has 0 saturated carbocycles. The number of hydrogen-bond acceptors (Lipinski definition) is 4. The van der Waals surface area contributed by atoms with Crippen molar-refractivity contribution in [3.05, 3.63) is 66.2 Å². The van der Waals surface area contributed by atoms with Crippen LogP contribution in [0.25, 0.3) is 11.4 Å². The molecule has 1 atom stereocenters. The van der Waals surface area contributed by atoms with Gasteiger partial charge in [0.05, 0.1) is 13.2 Å². The standard InChI is InChI=1S/C22H26N4O/c1-16(2)21-20-5-4-10-25(20)11-12-26(21)15-17-13-23-22(24-14-17)18-6-8-19(27-3)9-7-18/h4-10,13-14,16,21H,11-12,15H2,1-3H3/t21-/m1/s1. The van der Waals surface area contributed by atoms with Gasteiger partial charge in [-0.2, -0.15) is 0 Å².